The van der Waals surface area contributed by atoms with E-state index in [0.717, 1.165) is 10.7 Å². The maximum atomic E-state index is 14.0. The second-order valence-electron chi connectivity index (χ2n) is 9.55. The van der Waals surface area contributed by atoms with E-state index in [-0.39, 0.29) is 42.3 Å². The minimum absolute atomic E-state index is 0.0156. The summed E-state index contributed by atoms with van der Waals surface area (Å²) in [6, 6.07) is 12.0. The number of aromatic nitrogens is 3. The fourth-order valence-corrected chi connectivity index (χ4v) is 7.36. The van der Waals surface area contributed by atoms with Crippen molar-refractivity contribution in [3.05, 3.63) is 77.9 Å². The number of halogens is 1. The Bertz CT molecular complexity index is 1430. The van der Waals surface area contributed by atoms with Crippen LogP contribution in [0.4, 0.5) is 4.39 Å². The van der Waals surface area contributed by atoms with Gasteiger partial charge in [0.1, 0.15) is 11.9 Å². The summed E-state index contributed by atoms with van der Waals surface area (Å²) in [5.74, 6) is -1.78. The number of hydrogen-bond acceptors (Lipinski definition) is 7. The summed E-state index contributed by atoms with van der Waals surface area (Å²) in [6.45, 7) is 0.451. The Hall–Kier alpha value is -3.48. The average Bonchev–Trinajstić information content (AvgIpc) is 3.37. The number of carbonyl (C=O) groups excluding carboxylic acids is 2. The molecule has 0 N–H and O–H groups in total. The van der Waals surface area contributed by atoms with Crippen molar-refractivity contribution in [2.75, 3.05) is 20.3 Å². The molecule has 0 aliphatic carbocycles. The van der Waals surface area contributed by atoms with Crippen LogP contribution in [0.1, 0.15) is 35.3 Å². The number of sulfonamides is 1. The lowest BCUT2D eigenvalue weighted by molar-refractivity contribution is -0.135. The molecule has 2 aliphatic rings. The summed E-state index contributed by atoms with van der Waals surface area (Å²) in [5.41, 5.74) is 0.821. The van der Waals surface area contributed by atoms with E-state index in [9.17, 15) is 22.4 Å². The quantitative estimate of drug-likeness (QED) is 0.451. The third kappa shape index (κ3) is 4.86. The topological polar surface area (TPSA) is 115 Å². The zero-order valence-electron chi connectivity index (χ0n) is 20.8. The third-order valence-corrected chi connectivity index (χ3v) is 9.08. The summed E-state index contributed by atoms with van der Waals surface area (Å²) in [4.78, 5) is 28.3. The monoisotopic (exact) mass is 541 g/mol. The van der Waals surface area contributed by atoms with Crippen LogP contribution in [-0.4, -0.2) is 76.8 Å². The number of piperidine rings is 1. The summed E-state index contributed by atoms with van der Waals surface area (Å²) in [5, 5.41) is 7.84. The zero-order chi connectivity index (χ0) is 26.9. The molecule has 3 heterocycles. The smallest absolute Gasteiger partial charge is 0.279 e. The van der Waals surface area contributed by atoms with Crippen LogP contribution in [0.3, 0.4) is 0 Å². The molecule has 0 saturated carbocycles. The highest BCUT2D eigenvalue weighted by atomic mass is 32.2. The van der Waals surface area contributed by atoms with E-state index in [1.807, 2.05) is 0 Å². The molecule has 38 heavy (non-hydrogen) atoms. The van der Waals surface area contributed by atoms with Crippen molar-refractivity contribution < 1.29 is 27.1 Å². The normalized spacial score (nSPS) is 22.3. The van der Waals surface area contributed by atoms with E-state index in [1.54, 1.807) is 35.2 Å². The van der Waals surface area contributed by atoms with E-state index in [4.69, 9.17) is 4.74 Å². The van der Waals surface area contributed by atoms with Gasteiger partial charge in [0.05, 0.1) is 29.9 Å². The molecule has 0 unspecified atom stereocenters. The molecule has 0 radical (unpaired) electrons. The highest BCUT2D eigenvalue weighted by Crippen LogP contribution is 2.37. The van der Waals surface area contributed by atoms with Crippen LogP contribution < -0.4 is 0 Å². The van der Waals surface area contributed by atoms with Crippen molar-refractivity contribution in [3.63, 3.8) is 0 Å². The van der Waals surface area contributed by atoms with Gasteiger partial charge in [-0.05, 0) is 49.6 Å². The van der Waals surface area contributed by atoms with Gasteiger partial charge in [0.2, 0.25) is 15.9 Å². The van der Waals surface area contributed by atoms with Gasteiger partial charge in [-0.2, -0.15) is 8.99 Å². The number of fused-ring (bicyclic) bond motifs is 2. The Morgan fingerprint density at radius 2 is 1.92 bits per heavy atom. The molecular weight excluding hydrogens is 513 g/mol. The number of benzene rings is 2. The zero-order valence-corrected chi connectivity index (χ0v) is 21.6. The predicted octanol–water partition coefficient (Wildman–Crippen LogP) is 2.32. The lowest BCUT2D eigenvalue weighted by Crippen LogP contribution is -2.55. The van der Waals surface area contributed by atoms with Gasteiger partial charge in [-0.25, -0.2) is 12.8 Å². The van der Waals surface area contributed by atoms with Crippen LogP contribution in [0.5, 0.6) is 0 Å². The highest BCUT2D eigenvalue weighted by Gasteiger charge is 2.50. The third-order valence-electron chi connectivity index (χ3n) is 7.15. The van der Waals surface area contributed by atoms with E-state index in [0.29, 0.717) is 30.5 Å². The number of ether oxygens (including phenoxy) is 1. The van der Waals surface area contributed by atoms with E-state index in [2.05, 4.69) is 10.3 Å². The van der Waals surface area contributed by atoms with Gasteiger partial charge in [-0.15, -0.1) is 5.10 Å². The van der Waals surface area contributed by atoms with Gasteiger partial charge in [0, 0.05) is 31.2 Å². The first kappa shape index (κ1) is 26.1. The first-order valence-corrected chi connectivity index (χ1v) is 13.8. The fourth-order valence-electron chi connectivity index (χ4n) is 5.44. The van der Waals surface area contributed by atoms with Gasteiger partial charge < -0.3 is 9.64 Å². The molecule has 3 aromatic rings. The molecule has 10 nitrogen and oxygen atoms in total. The standard InChI is InChI=1S/C26H28FN5O5S/c1-37-17-19-15-30(16-21-14-28-29-31(21)25(33)18-7-3-2-4-8-18)26(34)24-12-6-11-23(19)32(24)38(35,36)22-10-5-9-20(27)13-22/h2-5,7-10,13-14,19,23-24H,6,11-12,15-17H2,1H3/t19-,23-,24+/m1/s1. The Labute approximate surface area is 220 Å². The molecule has 1 amide bonds. The van der Waals surface area contributed by atoms with Crippen molar-refractivity contribution in [3.8, 4) is 0 Å². The van der Waals surface area contributed by atoms with Gasteiger partial charge in [-0.3, -0.25) is 9.59 Å². The van der Waals surface area contributed by atoms with Crippen LogP contribution in [0.2, 0.25) is 0 Å². The number of amides is 1. The Kier molecular flexibility index (Phi) is 7.37. The molecule has 2 aromatic carbocycles. The minimum Gasteiger partial charge on any atom is -0.384 e. The molecule has 2 bridgehead atoms. The molecule has 2 fully saturated rings. The van der Waals surface area contributed by atoms with Crippen molar-refractivity contribution in [2.45, 2.75) is 42.8 Å². The van der Waals surface area contributed by atoms with Crippen molar-refractivity contribution >= 4 is 21.8 Å². The summed E-state index contributed by atoms with van der Waals surface area (Å²) in [7, 11) is -2.66. The van der Waals surface area contributed by atoms with E-state index < -0.39 is 27.9 Å². The number of nitrogens with zero attached hydrogens (tertiary/aromatic N) is 5. The summed E-state index contributed by atoms with van der Waals surface area (Å²) >= 11 is 0. The van der Waals surface area contributed by atoms with Crippen LogP contribution in [-0.2, 0) is 26.1 Å². The van der Waals surface area contributed by atoms with Crippen LogP contribution >= 0.6 is 0 Å². The van der Waals surface area contributed by atoms with E-state index in [1.165, 1.54) is 35.8 Å². The first-order valence-electron chi connectivity index (χ1n) is 12.4. The van der Waals surface area contributed by atoms with Crippen LogP contribution in [0.25, 0.3) is 0 Å². The summed E-state index contributed by atoms with van der Waals surface area (Å²) in [6.07, 6.45) is 2.97. The molecule has 2 aliphatic heterocycles. The minimum atomic E-state index is -4.19. The van der Waals surface area contributed by atoms with Crippen LogP contribution in [0.15, 0.2) is 65.7 Å². The van der Waals surface area contributed by atoms with Gasteiger partial charge in [-0.1, -0.05) is 29.5 Å². The number of carbonyl (C=O) groups is 2. The first-order chi connectivity index (χ1) is 18.3. The second-order valence-corrected chi connectivity index (χ2v) is 11.4. The number of methoxy groups -OCH3 is 1. The molecule has 5 rings (SSSR count). The fraction of sp³-hybridized carbons (Fsp3) is 0.385. The molecule has 2 saturated heterocycles. The second kappa shape index (κ2) is 10.7. The Balaban J connectivity index is 1.50. The maximum absolute atomic E-state index is 14.0. The maximum Gasteiger partial charge on any atom is 0.279 e. The largest absolute Gasteiger partial charge is 0.384 e. The summed E-state index contributed by atoms with van der Waals surface area (Å²) < 4.78 is 49.5. The van der Waals surface area contributed by atoms with E-state index >= 15 is 0 Å². The SMILES string of the molecule is COC[C@H]1CN(Cc2cnnn2C(=O)c2ccccc2)C(=O)[C@@H]2CCC[C@H]1N2S(=O)(=O)c1cccc(F)c1. The van der Waals surface area contributed by atoms with Gasteiger partial charge >= 0.3 is 0 Å². The van der Waals surface area contributed by atoms with Crippen molar-refractivity contribution in [1.82, 2.24) is 24.2 Å². The average molecular weight is 542 g/mol. The predicted molar refractivity (Wildman–Crippen MR) is 134 cm³/mol. The highest BCUT2D eigenvalue weighted by molar-refractivity contribution is 7.89. The van der Waals surface area contributed by atoms with Gasteiger partial charge in [0.15, 0.2) is 0 Å². The Morgan fingerprint density at radius 3 is 2.66 bits per heavy atom. The van der Waals surface area contributed by atoms with Gasteiger partial charge in [0.25, 0.3) is 5.91 Å². The molecular formula is C26H28FN5O5S. The molecule has 0 spiro atoms. The molecule has 12 heteroatoms. The number of rotatable bonds is 7. The lowest BCUT2D eigenvalue weighted by Gasteiger charge is -2.40. The number of hydrogen-bond donors (Lipinski definition) is 0. The Morgan fingerprint density at radius 1 is 1.13 bits per heavy atom. The molecule has 200 valence electrons. The van der Waals surface area contributed by atoms with Crippen LogP contribution in [0, 0.1) is 11.7 Å². The van der Waals surface area contributed by atoms with Crippen molar-refractivity contribution in [2.24, 2.45) is 5.92 Å². The molecule has 3 atom stereocenters. The molecule has 1 aromatic heterocycles. The lowest BCUT2D eigenvalue weighted by atomic mass is 9.91. The van der Waals surface area contributed by atoms with Crippen molar-refractivity contribution in [1.29, 1.82) is 0 Å².